The SMILES string of the molecule is Cc1ccc(-c2cccc3oc4ccc(-c5ccc6c(c5)c5ccccc5n6-c5ccccc5)cc4c23)cc1. The standard InChI is InChI=1S/C37H25NO/c1-24-14-16-25(17-15-24)29-11-7-13-36-37(29)32-23-27(19-21-35(32)39-36)26-18-20-34-31(22-26)30-10-5-6-12-33(30)38(34)28-8-3-2-4-9-28/h2-23H,1H3. The van der Waals surface area contributed by atoms with E-state index < -0.39 is 0 Å². The minimum absolute atomic E-state index is 0.912. The zero-order chi connectivity index (χ0) is 25.9. The number of aryl methyl sites for hydroxylation is 1. The Hall–Kier alpha value is -5.08. The number of hydrogen-bond acceptors (Lipinski definition) is 1. The van der Waals surface area contributed by atoms with Crippen molar-refractivity contribution in [3.63, 3.8) is 0 Å². The smallest absolute Gasteiger partial charge is 0.136 e. The van der Waals surface area contributed by atoms with E-state index >= 15 is 0 Å². The summed E-state index contributed by atoms with van der Waals surface area (Å²) in [6.45, 7) is 2.12. The second-order valence-electron chi connectivity index (χ2n) is 10.3. The van der Waals surface area contributed by atoms with Gasteiger partial charge in [-0.1, -0.05) is 90.5 Å². The quantitative estimate of drug-likeness (QED) is 0.236. The monoisotopic (exact) mass is 499 g/mol. The summed E-state index contributed by atoms with van der Waals surface area (Å²) in [5, 5.41) is 4.82. The lowest BCUT2D eigenvalue weighted by molar-refractivity contribution is 0.669. The Balaban J connectivity index is 1.34. The van der Waals surface area contributed by atoms with Crippen LogP contribution in [0.5, 0.6) is 0 Å². The Morgan fingerprint density at radius 1 is 0.487 bits per heavy atom. The Bertz CT molecular complexity index is 2160. The van der Waals surface area contributed by atoms with E-state index in [1.165, 1.54) is 60.7 Å². The molecule has 0 radical (unpaired) electrons. The van der Waals surface area contributed by atoms with Crippen molar-refractivity contribution in [1.29, 1.82) is 0 Å². The van der Waals surface area contributed by atoms with Gasteiger partial charge < -0.3 is 8.98 Å². The molecule has 0 saturated carbocycles. The summed E-state index contributed by atoms with van der Waals surface area (Å²) in [4.78, 5) is 0. The van der Waals surface area contributed by atoms with Gasteiger partial charge in [0.2, 0.25) is 0 Å². The molecule has 39 heavy (non-hydrogen) atoms. The zero-order valence-corrected chi connectivity index (χ0v) is 21.6. The molecule has 0 unspecified atom stereocenters. The van der Waals surface area contributed by atoms with Crippen LogP contribution in [0.4, 0.5) is 0 Å². The van der Waals surface area contributed by atoms with Gasteiger partial charge in [0.05, 0.1) is 11.0 Å². The number of rotatable bonds is 3. The topological polar surface area (TPSA) is 18.1 Å². The maximum atomic E-state index is 6.31. The van der Waals surface area contributed by atoms with Crippen molar-refractivity contribution in [3.8, 4) is 27.9 Å². The van der Waals surface area contributed by atoms with Crippen LogP contribution in [0, 0.1) is 6.92 Å². The summed E-state index contributed by atoms with van der Waals surface area (Å²) >= 11 is 0. The van der Waals surface area contributed by atoms with E-state index in [1.807, 2.05) is 0 Å². The van der Waals surface area contributed by atoms with Crippen LogP contribution in [-0.4, -0.2) is 4.57 Å². The summed E-state index contributed by atoms with van der Waals surface area (Å²) in [6.07, 6.45) is 0. The third-order valence-corrected chi connectivity index (χ3v) is 7.88. The highest BCUT2D eigenvalue weighted by atomic mass is 16.3. The number of aromatic nitrogens is 1. The largest absolute Gasteiger partial charge is 0.456 e. The van der Waals surface area contributed by atoms with Gasteiger partial charge in [-0.25, -0.2) is 0 Å². The van der Waals surface area contributed by atoms with E-state index in [9.17, 15) is 0 Å². The molecular formula is C37H25NO. The summed E-state index contributed by atoms with van der Waals surface area (Å²) in [5.41, 5.74) is 11.5. The molecule has 0 saturated heterocycles. The molecule has 0 N–H and O–H groups in total. The first-order valence-electron chi connectivity index (χ1n) is 13.4. The molecule has 2 heterocycles. The van der Waals surface area contributed by atoms with E-state index in [4.69, 9.17) is 4.42 Å². The van der Waals surface area contributed by atoms with Crippen molar-refractivity contribution >= 4 is 43.7 Å². The lowest BCUT2D eigenvalue weighted by atomic mass is 9.96. The molecule has 0 aliphatic rings. The molecule has 0 aliphatic carbocycles. The van der Waals surface area contributed by atoms with Crippen LogP contribution in [0.15, 0.2) is 138 Å². The Morgan fingerprint density at radius 2 is 1.18 bits per heavy atom. The zero-order valence-electron chi connectivity index (χ0n) is 21.6. The molecule has 0 bridgehead atoms. The number of nitrogens with zero attached hydrogens (tertiary/aromatic N) is 1. The van der Waals surface area contributed by atoms with Gasteiger partial charge in [0.1, 0.15) is 11.2 Å². The highest BCUT2D eigenvalue weighted by Gasteiger charge is 2.16. The molecule has 6 aromatic carbocycles. The first kappa shape index (κ1) is 22.0. The number of fused-ring (bicyclic) bond motifs is 6. The Morgan fingerprint density at radius 3 is 2.03 bits per heavy atom. The number of benzene rings is 6. The highest BCUT2D eigenvalue weighted by molar-refractivity contribution is 6.14. The molecular weight excluding hydrogens is 474 g/mol. The molecule has 0 atom stereocenters. The van der Waals surface area contributed by atoms with Crippen molar-refractivity contribution < 1.29 is 4.42 Å². The fourth-order valence-electron chi connectivity index (χ4n) is 5.99. The Labute approximate surface area is 226 Å². The predicted octanol–water partition coefficient (Wildman–Crippen LogP) is 10.3. The maximum Gasteiger partial charge on any atom is 0.136 e. The lowest BCUT2D eigenvalue weighted by Crippen LogP contribution is -1.92. The van der Waals surface area contributed by atoms with Crippen molar-refractivity contribution in [1.82, 2.24) is 4.57 Å². The van der Waals surface area contributed by atoms with Gasteiger partial charge in [0.15, 0.2) is 0 Å². The minimum atomic E-state index is 0.912. The van der Waals surface area contributed by atoms with Crippen molar-refractivity contribution in [2.45, 2.75) is 6.92 Å². The second kappa shape index (κ2) is 8.47. The molecule has 2 aromatic heterocycles. The van der Waals surface area contributed by atoms with Gasteiger partial charge >= 0.3 is 0 Å². The van der Waals surface area contributed by atoms with Gasteiger partial charge in [0, 0.05) is 27.2 Å². The second-order valence-corrected chi connectivity index (χ2v) is 10.3. The van der Waals surface area contributed by atoms with Gasteiger partial charge in [-0.05, 0) is 77.7 Å². The van der Waals surface area contributed by atoms with Crippen LogP contribution in [0.2, 0.25) is 0 Å². The molecule has 0 amide bonds. The van der Waals surface area contributed by atoms with Crippen LogP contribution < -0.4 is 0 Å². The molecule has 184 valence electrons. The van der Waals surface area contributed by atoms with Crippen LogP contribution in [0.3, 0.4) is 0 Å². The van der Waals surface area contributed by atoms with E-state index in [2.05, 4.69) is 145 Å². The first-order chi connectivity index (χ1) is 19.2. The summed E-state index contributed by atoms with van der Waals surface area (Å²) in [6, 6.07) is 47.8. The van der Waals surface area contributed by atoms with Crippen molar-refractivity contribution in [2.24, 2.45) is 0 Å². The normalized spacial score (nSPS) is 11.7. The van der Waals surface area contributed by atoms with E-state index in [0.29, 0.717) is 0 Å². The van der Waals surface area contributed by atoms with Crippen molar-refractivity contribution in [3.05, 3.63) is 139 Å². The van der Waals surface area contributed by atoms with E-state index in [-0.39, 0.29) is 0 Å². The van der Waals surface area contributed by atoms with Crippen molar-refractivity contribution in [2.75, 3.05) is 0 Å². The number of furan rings is 1. The minimum Gasteiger partial charge on any atom is -0.456 e. The Kier molecular flexibility index (Phi) is 4.77. The van der Waals surface area contributed by atoms with Gasteiger partial charge in [-0.3, -0.25) is 0 Å². The number of hydrogen-bond donors (Lipinski definition) is 0. The molecule has 2 nitrogen and oxygen atoms in total. The molecule has 8 rings (SSSR count). The number of para-hydroxylation sites is 2. The third kappa shape index (κ3) is 3.42. The molecule has 2 heteroatoms. The third-order valence-electron chi connectivity index (χ3n) is 7.88. The van der Waals surface area contributed by atoms with Gasteiger partial charge in [-0.2, -0.15) is 0 Å². The summed E-state index contributed by atoms with van der Waals surface area (Å²) in [7, 11) is 0. The molecule has 0 spiro atoms. The highest BCUT2D eigenvalue weighted by Crippen LogP contribution is 2.40. The summed E-state index contributed by atoms with van der Waals surface area (Å²) in [5.74, 6) is 0. The van der Waals surface area contributed by atoms with Gasteiger partial charge in [-0.15, -0.1) is 0 Å². The van der Waals surface area contributed by atoms with E-state index in [1.54, 1.807) is 0 Å². The average molecular weight is 500 g/mol. The van der Waals surface area contributed by atoms with Crippen LogP contribution >= 0.6 is 0 Å². The molecule has 0 aliphatic heterocycles. The first-order valence-corrected chi connectivity index (χ1v) is 13.4. The fraction of sp³-hybridized carbons (Fsp3) is 0.0270. The van der Waals surface area contributed by atoms with Crippen LogP contribution in [0.1, 0.15) is 5.56 Å². The summed E-state index contributed by atoms with van der Waals surface area (Å²) < 4.78 is 8.66. The predicted molar refractivity (Wildman–Crippen MR) is 164 cm³/mol. The van der Waals surface area contributed by atoms with Gasteiger partial charge in [0.25, 0.3) is 0 Å². The van der Waals surface area contributed by atoms with E-state index in [0.717, 1.165) is 16.6 Å². The fourth-order valence-corrected chi connectivity index (χ4v) is 5.99. The average Bonchev–Trinajstić information content (AvgIpc) is 3.53. The van der Waals surface area contributed by atoms with Crippen LogP contribution in [0.25, 0.3) is 71.7 Å². The lowest BCUT2D eigenvalue weighted by Gasteiger charge is -2.08. The maximum absolute atomic E-state index is 6.31. The molecule has 8 aromatic rings. The van der Waals surface area contributed by atoms with Crippen LogP contribution in [-0.2, 0) is 0 Å². The molecule has 0 fully saturated rings.